The molecule has 0 unspecified atom stereocenters. The van der Waals surface area contributed by atoms with Crippen molar-refractivity contribution in [2.24, 2.45) is 0 Å². The monoisotopic (exact) mass is 348 g/mol. The lowest BCUT2D eigenvalue weighted by Crippen LogP contribution is -2.34. The van der Waals surface area contributed by atoms with E-state index in [1.807, 2.05) is 47.4 Å². The zero-order valence-corrected chi connectivity index (χ0v) is 14.4. The molecule has 0 fully saturated rings. The second kappa shape index (κ2) is 6.69. The minimum absolute atomic E-state index is 0.0558. The van der Waals surface area contributed by atoms with Crippen LogP contribution in [-0.2, 0) is 0 Å². The summed E-state index contributed by atoms with van der Waals surface area (Å²) in [5.41, 5.74) is 4.03. The van der Waals surface area contributed by atoms with Gasteiger partial charge in [0.05, 0.1) is 5.52 Å². The average Bonchev–Trinajstić information content (AvgIpc) is 2.68. The van der Waals surface area contributed by atoms with Crippen molar-refractivity contribution < 1.29 is 4.79 Å². The molecule has 1 aromatic heterocycles. The van der Waals surface area contributed by atoms with Gasteiger partial charge in [-0.05, 0) is 47.9 Å². The summed E-state index contributed by atoms with van der Waals surface area (Å²) in [5, 5.41) is 1.38. The molecule has 1 amide bonds. The van der Waals surface area contributed by atoms with Gasteiger partial charge in [0.1, 0.15) is 5.15 Å². The molecule has 0 spiro atoms. The Morgan fingerprint density at radius 3 is 2.64 bits per heavy atom. The highest BCUT2D eigenvalue weighted by Crippen LogP contribution is 2.24. The molecule has 0 saturated heterocycles. The molecule has 3 nitrogen and oxygen atoms in total. The first kappa shape index (κ1) is 15.9. The fraction of sp³-hybridized carbons (Fsp3) is 0.143. The van der Waals surface area contributed by atoms with Crippen LogP contribution in [0.15, 0.2) is 66.7 Å². The highest BCUT2D eigenvalue weighted by atomic mass is 35.5. The van der Waals surface area contributed by atoms with Crippen LogP contribution < -0.4 is 0 Å². The van der Waals surface area contributed by atoms with Crippen molar-refractivity contribution >= 4 is 34.0 Å². The molecule has 0 atom stereocenters. The molecular weight excluding hydrogens is 332 g/mol. The van der Waals surface area contributed by atoms with Crippen LogP contribution in [0.5, 0.6) is 0 Å². The Morgan fingerprint density at radius 1 is 1.04 bits per heavy atom. The van der Waals surface area contributed by atoms with Crippen molar-refractivity contribution in [3.8, 4) is 0 Å². The van der Waals surface area contributed by atoms with Crippen molar-refractivity contribution in [1.29, 1.82) is 0 Å². The molecule has 0 saturated carbocycles. The van der Waals surface area contributed by atoms with Gasteiger partial charge in [-0.15, -0.1) is 0 Å². The van der Waals surface area contributed by atoms with Crippen molar-refractivity contribution in [2.45, 2.75) is 6.42 Å². The second-order valence-electron chi connectivity index (χ2n) is 6.14. The number of pyridine rings is 1. The Balaban J connectivity index is 1.54. The predicted octanol–water partition coefficient (Wildman–Crippen LogP) is 4.82. The van der Waals surface area contributed by atoms with E-state index < -0.39 is 0 Å². The van der Waals surface area contributed by atoms with Gasteiger partial charge in [-0.1, -0.05) is 48.0 Å². The number of benzene rings is 2. The van der Waals surface area contributed by atoms with Crippen molar-refractivity contribution in [3.63, 3.8) is 0 Å². The number of hydrogen-bond acceptors (Lipinski definition) is 2. The Labute approximate surface area is 151 Å². The Kier molecular flexibility index (Phi) is 4.24. The van der Waals surface area contributed by atoms with E-state index in [0.29, 0.717) is 17.3 Å². The van der Waals surface area contributed by atoms with Crippen LogP contribution in [0.2, 0.25) is 5.15 Å². The zero-order chi connectivity index (χ0) is 17.2. The van der Waals surface area contributed by atoms with Crippen molar-refractivity contribution in [3.05, 3.63) is 83.0 Å². The van der Waals surface area contributed by atoms with Crippen LogP contribution in [0.3, 0.4) is 0 Å². The molecule has 1 aliphatic heterocycles. The Bertz CT molecular complexity index is 966. The van der Waals surface area contributed by atoms with E-state index in [2.05, 4.69) is 23.2 Å². The SMILES string of the molecule is O=C(c1ccc2nc(Cl)ccc2c1)N1CC=C(c2ccccc2)CC1. The van der Waals surface area contributed by atoms with E-state index in [4.69, 9.17) is 11.6 Å². The van der Waals surface area contributed by atoms with Crippen LogP contribution in [0.1, 0.15) is 22.3 Å². The van der Waals surface area contributed by atoms with E-state index in [1.54, 1.807) is 6.07 Å². The van der Waals surface area contributed by atoms with Crippen LogP contribution >= 0.6 is 11.6 Å². The second-order valence-corrected chi connectivity index (χ2v) is 6.53. The third-order valence-corrected chi connectivity index (χ3v) is 4.75. The lowest BCUT2D eigenvalue weighted by atomic mass is 9.99. The number of fused-ring (bicyclic) bond motifs is 1. The molecule has 4 heteroatoms. The lowest BCUT2D eigenvalue weighted by molar-refractivity contribution is 0.0773. The molecule has 3 aromatic rings. The third-order valence-electron chi connectivity index (χ3n) is 4.54. The summed E-state index contributed by atoms with van der Waals surface area (Å²) in [6.07, 6.45) is 3.03. The Hall–Kier alpha value is -2.65. The molecule has 0 N–H and O–H groups in total. The first-order valence-electron chi connectivity index (χ1n) is 8.31. The van der Waals surface area contributed by atoms with Gasteiger partial charge in [0.25, 0.3) is 5.91 Å². The molecule has 0 aliphatic carbocycles. The topological polar surface area (TPSA) is 33.2 Å². The smallest absolute Gasteiger partial charge is 0.254 e. The highest BCUT2D eigenvalue weighted by Gasteiger charge is 2.19. The number of hydrogen-bond donors (Lipinski definition) is 0. The van der Waals surface area contributed by atoms with Gasteiger partial charge in [0, 0.05) is 24.0 Å². The van der Waals surface area contributed by atoms with Crippen LogP contribution in [-0.4, -0.2) is 28.9 Å². The third kappa shape index (κ3) is 3.28. The summed E-state index contributed by atoms with van der Waals surface area (Å²) < 4.78 is 0. The molecule has 2 heterocycles. The molecule has 1 aliphatic rings. The Morgan fingerprint density at radius 2 is 1.88 bits per heavy atom. The largest absolute Gasteiger partial charge is 0.335 e. The molecule has 2 aromatic carbocycles. The van der Waals surface area contributed by atoms with Gasteiger partial charge in [0.15, 0.2) is 0 Å². The lowest BCUT2D eigenvalue weighted by Gasteiger charge is -2.27. The molecule has 25 heavy (non-hydrogen) atoms. The number of halogens is 1. The van der Waals surface area contributed by atoms with Crippen molar-refractivity contribution in [1.82, 2.24) is 9.88 Å². The number of amides is 1. The van der Waals surface area contributed by atoms with E-state index in [0.717, 1.165) is 23.9 Å². The number of carbonyl (C=O) groups excluding carboxylic acids is 1. The molecular formula is C21H17ClN2O. The van der Waals surface area contributed by atoms with Gasteiger partial charge in [0.2, 0.25) is 0 Å². The maximum absolute atomic E-state index is 12.8. The maximum atomic E-state index is 12.8. The van der Waals surface area contributed by atoms with Gasteiger partial charge < -0.3 is 4.90 Å². The minimum Gasteiger partial charge on any atom is -0.335 e. The van der Waals surface area contributed by atoms with Gasteiger partial charge in [-0.25, -0.2) is 4.98 Å². The first-order valence-corrected chi connectivity index (χ1v) is 8.68. The number of nitrogens with zero attached hydrogens (tertiary/aromatic N) is 2. The average molecular weight is 349 g/mol. The highest BCUT2D eigenvalue weighted by molar-refractivity contribution is 6.29. The zero-order valence-electron chi connectivity index (χ0n) is 13.7. The number of carbonyl (C=O) groups is 1. The standard InChI is InChI=1S/C21H17ClN2O/c22-20-9-7-17-14-18(6-8-19(17)23-20)21(25)24-12-10-16(11-13-24)15-4-2-1-3-5-15/h1-10,14H,11-13H2. The van der Waals surface area contributed by atoms with Gasteiger partial charge in [-0.2, -0.15) is 0 Å². The summed E-state index contributed by atoms with van der Waals surface area (Å²) in [4.78, 5) is 19.0. The van der Waals surface area contributed by atoms with Gasteiger partial charge >= 0.3 is 0 Å². The normalized spacial score (nSPS) is 14.4. The molecule has 124 valence electrons. The summed E-state index contributed by atoms with van der Waals surface area (Å²) >= 11 is 5.91. The molecule has 0 radical (unpaired) electrons. The van der Waals surface area contributed by atoms with E-state index >= 15 is 0 Å². The number of rotatable bonds is 2. The first-order chi connectivity index (χ1) is 12.2. The van der Waals surface area contributed by atoms with Crippen LogP contribution in [0.25, 0.3) is 16.5 Å². The fourth-order valence-corrected chi connectivity index (χ4v) is 3.34. The maximum Gasteiger partial charge on any atom is 0.254 e. The summed E-state index contributed by atoms with van der Waals surface area (Å²) in [6, 6.07) is 19.5. The summed E-state index contributed by atoms with van der Waals surface area (Å²) in [5.74, 6) is 0.0558. The fourth-order valence-electron chi connectivity index (χ4n) is 3.18. The van der Waals surface area contributed by atoms with Gasteiger partial charge in [-0.3, -0.25) is 4.79 Å². The van der Waals surface area contributed by atoms with E-state index in [-0.39, 0.29) is 5.91 Å². The minimum atomic E-state index is 0.0558. The van der Waals surface area contributed by atoms with E-state index in [1.165, 1.54) is 11.1 Å². The summed E-state index contributed by atoms with van der Waals surface area (Å²) in [7, 11) is 0. The van der Waals surface area contributed by atoms with E-state index in [9.17, 15) is 4.79 Å². The van der Waals surface area contributed by atoms with Crippen LogP contribution in [0, 0.1) is 0 Å². The summed E-state index contributed by atoms with van der Waals surface area (Å²) in [6.45, 7) is 1.37. The quantitative estimate of drug-likeness (QED) is 0.622. The number of aromatic nitrogens is 1. The molecule has 0 bridgehead atoms. The molecule has 4 rings (SSSR count). The van der Waals surface area contributed by atoms with Crippen molar-refractivity contribution in [2.75, 3.05) is 13.1 Å². The van der Waals surface area contributed by atoms with Crippen LogP contribution in [0.4, 0.5) is 0 Å². The predicted molar refractivity (Wildman–Crippen MR) is 102 cm³/mol.